The summed E-state index contributed by atoms with van der Waals surface area (Å²) in [5.74, 6) is -0.442. The van der Waals surface area contributed by atoms with Crippen LogP contribution in [-0.2, 0) is 9.59 Å². The summed E-state index contributed by atoms with van der Waals surface area (Å²) in [5, 5.41) is 5.06. The molecule has 0 saturated carbocycles. The van der Waals surface area contributed by atoms with Crippen molar-refractivity contribution in [2.24, 2.45) is 0 Å². The van der Waals surface area contributed by atoms with Gasteiger partial charge in [-0.1, -0.05) is 0 Å². The Morgan fingerprint density at radius 1 is 0.917 bits per heavy atom. The first-order valence-electron chi connectivity index (χ1n) is 3.56. The molecule has 1 aliphatic heterocycles. The number of nitrogens with one attached hydrogen (secondary N) is 2. The second-order valence-corrected chi connectivity index (χ2v) is 2.63. The lowest BCUT2D eigenvalue weighted by Gasteiger charge is -2.08. The average Bonchev–Trinajstić information content (AvgIpc) is 1.81. The molecule has 0 fully saturated rings. The van der Waals surface area contributed by atoms with Gasteiger partial charge in [-0.2, -0.15) is 0 Å². The minimum atomic E-state index is -0.221. The van der Waals surface area contributed by atoms with Crippen LogP contribution in [0.4, 0.5) is 0 Å². The fourth-order valence-electron chi connectivity index (χ4n) is 0.926. The van der Waals surface area contributed by atoms with Crippen molar-refractivity contribution in [1.29, 1.82) is 0 Å². The highest BCUT2D eigenvalue weighted by molar-refractivity contribution is 5.95. The molecule has 2 N–H and O–H groups in total. The number of hydrogen-bond donors (Lipinski definition) is 2. The summed E-state index contributed by atoms with van der Waals surface area (Å²) in [5.41, 5.74) is 1.09. The Kier molecular flexibility index (Phi) is 2.28. The summed E-state index contributed by atoms with van der Waals surface area (Å²) in [6.45, 7) is 3.32. The van der Waals surface area contributed by atoms with E-state index >= 15 is 0 Å². The van der Waals surface area contributed by atoms with Crippen LogP contribution in [0.5, 0.6) is 0 Å². The van der Waals surface area contributed by atoms with E-state index in [9.17, 15) is 9.59 Å². The molecule has 0 aromatic rings. The second-order valence-electron chi connectivity index (χ2n) is 2.63. The van der Waals surface area contributed by atoms with Crippen molar-refractivity contribution < 1.29 is 9.59 Å². The van der Waals surface area contributed by atoms with Crippen LogP contribution >= 0.6 is 0 Å². The van der Waals surface area contributed by atoms with E-state index in [4.69, 9.17) is 0 Å². The quantitative estimate of drug-likeness (QED) is 0.533. The van der Waals surface area contributed by atoms with E-state index in [2.05, 4.69) is 10.6 Å². The minimum absolute atomic E-state index is 0.221. The van der Waals surface area contributed by atoms with Gasteiger partial charge < -0.3 is 10.6 Å². The van der Waals surface area contributed by atoms with Crippen molar-refractivity contribution in [3.63, 3.8) is 0 Å². The van der Waals surface area contributed by atoms with Crippen LogP contribution < -0.4 is 10.6 Å². The number of carbonyl (C=O) groups excluding carboxylic acids is 2. The Balaban J connectivity index is 2.87. The topological polar surface area (TPSA) is 58.2 Å². The molecule has 4 heteroatoms. The molecule has 0 spiro atoms. The highest BCUT2D eigenvalue weighted by atomic mass is 16.2. The summed E-state index contributed by atoms with van der Waals surface area (Å²) in [4.78, 5) is 22.0. The van der Waals surface area contributed by atoms with Crippen molar-refractivity contribution in [1.82, 2.24) is 10.6 Å². The number of carbonyl (C=O) groups is 2. The molecule has 1 aliphatic rings. The Morgan fingerprint density at radius 2 is 1.25 bits per heavy atom. The van der Waals surface area contributed by atoms with Gasteiger partial charge in [-0.3, -0.25) is 9.59 Å². The Morgan fingerprint density at radius 3 is 1.58 bits per heavy atom. The third-order valence-corrected chi connectivity index (χ3v) is 1.34. The first kappa shape index (κ1) is 8.52. The van der Waals surface area contributed by atoms with E-state index in [1.54, 1.807) is 13.8 Å². The van der Waals surface area contributed by atoms with Crippen LogP contribution in [0.1, 0.15) is 13.8 Å². The zero-order valence-electron chi connectivity index (χ0n) is 6.97. The molecule has 12 heavy (non-hydrogen) atoms. The van der Waals surface area contributed by atoms with E-state index in [0.717, 1.165) is 0 Å². The average molecular weight is 166 g/mol. The van der Waals surface area contributed by atoms with Gasteiger partial charge >= 0.3 is 0 Å². The summed E-state index contributed by atoms with van der Waals surface area (Å²) in [6.07, 6.45) is 2.68. The maximum Gasteiger partial charge on any atom is 0.249 e. The summed E-state index contributed by atoms with van der Waals surface area (Å²) in [7, 11) is 0. The molecule has 1 rings (SSSR count). The first-order valence-corrected chi connectivity index (χ1v) is 3.56. The standard InChI is InChI=1S/C8H10N2O2/c1-5-3-7(11)10-6(2)4-8(12)9-5/h3-4H,1-2H3,(H,9,12)(H,10,11). The van der Waals surface area contributed by atoms with Crippen LogP contribution in [0.3, 0.4) is 0 Å². The third kappa shape index (κ3) is 2.23. The molecular formula is C8H10N2O2. The highest BCUT2D eigenvalue weighted by Crippen LogP contribution is 1.95. The molecule has 2 amide bonds. The van der Waals surface area contributed by atoms with Crippen molar-refractivity contribution in [3.8, 4) is 0 Å². The Hall–Kier alpha value is -1.58. The number of amides is 2. The van der Waals surface area contributed by atoms with E-state index in [0.29, 0.717) is 11.4 Å². The maximum absolute atomic E-state index is 11.0. The van der Waals surface area contributed by atoms with Crippen molar-refractivity contribution >= 4 is 11.8 Å². The molecule has 0 aliphatic carbocycles. The summed E-state index contributed by atoms with van der Waals surface area (Å²) >= 11 is 0. The third-order valence-electron chi connectivity index (χ3n) is 1.34. The van der Waals surface area contributed by atoms with Gasteiger partial charge in [0.1, 0.15) is 0 Å². The number of allylic oxidation sites excluding steroid dienone is 2. The lowest BCUT2D eigenvalue weighted by molar-refractivity contribution is -0.116. The molecule has 64 valence electrons. The van der Waals surface area contributed by atoms with E-state index in [1.165, 1.54) is 12.2 Å². The van der Waals surface area contributed by atoms with E-state index in [1.807, 2.05) is 0 Å². The normalized spacial score (nSPS) is 26.8. The fourth-order valence-corrected chi connectivity index (χ4v) is 0.926. The predicted molar refractivity (Wildman–Crippen MR) is 43.8 cm³/mol. The molecule has 0 saturated heterocycles. The van der Waals surface area contributed by atoms with Crippen LogP contribution in [0.2, 0.25) is 0 Å². The van der Waals surface area contributed by atoms with Gasteiger partial charge in [0.05, 0.1) is 0 Å². The Bertz CT molecular complexity index is 259. The molecule has 0 radical (unpaired) electrons. The van der Waals surface area contributed by atoms with Crippen molar-refractivity contribution in [2.75, 3.05) is 0 Å². The van der Waals surface area contributed by atoms with Crippen molar-refractivity contribution in [2.45, 2.75) is 13.8 Å². The monoisotopic (exact) mass is 166 g/mol. The lowest BCUT2D eigenvalue weighted by atomic mass is 10.3. The van der Waals surface area contributed by atoms with Gasteiger partial charge in [0, 0.05) is 23.5 Å². The minimum Gasteiger partial charge on any atom is -0.326 e. The molecule has 4 nitrogen and oxygen atoms in total. The smallest absolute Gasteiger partial charge is 0.249 e. The van der Waals surface area contributed by atoms with Crippen LogP contribution in [0, 0.1) is 0 Å². The predicted octanol–water partition coefficient (Wildman–Crippen LogP) is 0.0400. The number of hydrogen-bond acceptors (Lipinski definition) is 2. The Labute approximate surface area is 70.3 Å². The van der Waals surface area contributed by atoms with E-state index < -0.39 is 0 Å². The highest BCUT2D eigenvalue weighted by Gasteiger charge is 2.06. The summed E-state index contributed by atoms with van der Waals surface area (Å²) < 4.78 is 0. The van der Waals surface area contributed by atoms with Gasteiger partial charge in [0.2, 0.25) is 11.8 Å². The largest absolute Gasteiger partial charge is 0.326 e. The van der Waals surface area contributed by atoms with Gasteiger partial charge in [-0.05, 0) is 13.8 Å². The molecule has 0 aromatic carbocycles. The van der Waals surface area contributed by atoms with Crippen molar-refractivity contribution in [3.05, 3.63) is 23.5 Å². The van der Waals surface area contributed by atoms with Crippen LogP contribution in [-0.4, -0.2) is 11.8 Å². The zero-order chi connectivity index (χ0) is 9.14. The molecular weight excluding hydrogens is 156 g/mol. The van der Waals surface area contributed by atoms with Gasteiger partial charge in [-0.25, -0.2) is 0 Å². The molecule has 0 aromatic heterocycles. The van der Waals surface area contributed by atoms with Crippen LogP contribution in [0.25, 0.3) is 0 Å². The molecule has 1 heterocycles. The van der Waals surface area contributed by atoms with Gasteiger partial charge in [-0.15, -0.1) is 0 Å². The second kappa shape index (κ2) is 3.21. The maximum atomic E-state index is 11.0. The molecule has 0 bridgehead atoms. The zero-order valence-corrected chi connectivity index (χ0v) is 6.97. The molecule has 0 atom stereocenters. The SMILES string of the molecule is C/C1=C/C(=O)N/C(C)=C\C(=O)N1. The first-order chi connectivity index (χ1) is 5.58. The van der Waals surface area contributed by atoms with Crippen LogP contribution in [0.15, 0.2) is 23.5 Å². The lowest BCUT2D eigenvalue weighted by Crippen LogP contribution is -2.28. The summed E-state index contributed by atoms with van der Waals surface area (Å²) in [6, 6.07) is 0. The van der Waals surface area contributed by atoms with E-state index in [-0.39, 0.29) is 11.8 Å². The van der Waals surface area contributed by atoms with Gasteiger partial charge in [0.15, 0.2) is 0 Å². The fraction of sp³-hybridized carbons (Fsp3) is 0.250. The van der Waals surface area contributed by atoms with Gasteiger partial charge in [0.25, 0.3) is 0 Å². The number of rotatable bonds is 0. The molecule has 0 unspecified atom stereocenters.